The van der Waals surface area contributed by atoms with Gasteiger partial charge in [0, 0.05) is 63.1 Å². The molecule has 206 valence electrons. The Bertz CT molecular complexity index is 1280. The molecule has 7 heteroatoms. The molecule has 1 atom stereocenters. The molecule has 1 saturated heterocycles. The predicted molar refractivity (Wildman–Crippen MR) is 160 cm³/mol. The summed E-state index contributed by atoms with van der Waals surface area (Å²) >= 11 is 0. The lowest BCUT2D eigenvalue weighted by Gasteiger charge is -2.34. The first-order valence-corrected chi connectivity index (χ1v) is 13.7. The molecule has 3 aromatic rings. The average molecular weight is 528 g/mol. The minimum atomic E-state index is -0.161. The Kier molecular flexibility index (Phi) is 9.38. The van der Waals surface area contributed by atoms with Crippen molar-refractivity contribution in [2.75, 3.05) is 65.3 Å². The number of nitrogens with one attached hydrogen (secondary N) is 2. The monoisotopic (exact) mass is 527 g/mol. The van der Waals surface area contributed by atoms with Gasteiger partial charge in [0.2, 0.25) is 0 Å². The number of hydrogen-bond acceptors (Lipinski definition) is 5. The van der Waals surface area contributed by atoms with Crippen molar-refractivity contribution in [2.45, 2.75) is 19.9 Å². The highest BCUT2D eigenvalue weighted by Gasteiger charge is 2.19. The third-order valence-electron chi connectivity index (χ3n) is 7.58. The van der Waals surface area contributed by atoms with Crippen LogP contribution in [0.3, 0.4) is 0 Å². The minimum absolute atomic E-state index is 0.00821. The van der Waals surface area contributed by atoms with Crippen LogP contribution in [0.1, 0.15) is 44.8 Å². The number of carbonyl (C=O) groups is 2. The number of rotatable bonds is 9. The van der Waals surface area contributed by atoms with Crippen LogP contribution < -0.4 is 15.5 Å². The average Bonchev–Trinajstić information content (AvgIpc) is 2.96. The number of aryl methyl sites for hydroxylation is 1. The van der Waals surface area contributed by atoms with Gasteiger partial charge in [-0.1, -0.05) is 36.4 Å². The van der Waals surface area contributed by atoms with Crippen molar-refractivity contribution < 1.29 is 9.59 Å². The van der Waals surface area contributed by atoms with Gasteiger partial charge in [-0.3, -0.25) is 9.59 Å². The molecule has 0 bridgehead atoms. The molecule has 0 spiro atoms. The second-order valence-corrected chi connectivity index (χ2v) is 10.5. The number of benzene rings is 3. The molecule has 0 unspecified atom stereocenters. The Labute approximate surface area is 232 Å². The maximum Gasteiger partial charge on any atom is 0.253 e. The highest BCUT2D eigenvalue weighted by Crippen LogP contribution is 2.25. The van der Waals surface area contributed by atoms with Gasteiger partial charge in [0.05, 0.1) is 6.04 Å². The minimum Gasteiger partial charge on any atom is -0.369 e. The van der Waals surface area contributed by atoms with Gasteiger partial charge in [0.25, 0.3) is 11.8 Å². The van der Waals surface area contributed by atoms with Crippen LogP contribution in [-0.4, -0.2) is 82.0 Å². The summed E-state index contributed by atoms with van der Waals surface area (Å²) in [6.45, 7) is 9.38. The lowest BCUT2D eigenvalue weighted by molar-refractivity contribution is 0.0796. The highest BCUT2D eigenvalue weighted by atomic mass is 16.2. The second kappa shape index (κ2) is 12.9. The van der Waals surface area contributed by atoms with E-state index >= 15 is 0 Å². The van der Waals surface area contributed by atoms with E-state index in [-0.39, 0.29) is 17.9 Å². The summed E-state index contributed by atoms with van der Waals surface area (Å²) < 4.78 is 0. The van der Waals surface area contributed by atoms with Crippen LogP contribution in [0, 0.1) is 6.92 Å². The number of piperazine rings is 1. The van der Waals surface area contributed by atoms with E-state index < -0.39 is 0 Å². The lowest BCUT2D eigenvalue weighted by atomic mass is 9.98. The molecule has 4 rings (SSSR count). The molecule has 0 saturated carbocycles. The first kappa shape index (κ1) is 28.3. The summed E-state index contributed by atoms with van der Waals surface area (Å²) in [7, 11) is 5.84. The molecule has 1 aliphatic heterocycles. The molecule has 1 heterocycles. The summed E-state index contributed by atoms with van der Waals surface area (Å²) in [5.41, 5.74) is 6.56. The predicted octanol–water partition coefficient (Wildman–Crippen LogP) is 4.20. The van der Waals surface area contributed by atoms with Gasteiger partial charge in [0.1, 0.15) is 0 Å². The van der Waals surface area contributed by atoms with E-state index in [4.69, 9.17) is 0 Å². The third kappa shape index (κ3) is 7.05. The Morgan fingerprint density at radius 2 is 1.67 bits per heavy atom. The van der Waals surface area contributed by atoms with Gasteiger partial charge in [-0.15, -0.1) is 0 Å². The summed E-state index contributed by atoms with van der Waals surface area (Å²) in [4.78, 5) is 32.4. The zero-order chi connectivity index (χ0) is 27.9. The summed E-state index contributed by atoms with van der Waals surface area (Å²) in [6, 6.07) is 21.9. The van der Waals surface area contributed by atoms with Crippen molar-refractivity contribution in [3.63, 3.8) is 0 Å². The zero-order valence-electron chi connectivity index (χ0n) is 23.8. The molecule has 0 radical (unpaired) electrons. The molecule has 1 fully saturated rings. The molecule has 1 aliphatic rings. The normalized spacial score (nSPS) is 14.6. The van der Waals surface area contributed by atoms with E-state index in [1.165, 1.54) is 0 Å². The quantitative estimate of drug-likeness (QED) is 0.437. The van der Waals surface area contributed by atoms with Crippen LogP contribution in [-0.2, 0) is 0 Å². The van der Waals surface area contributed by atoms with Gasteiger partial charge in [-0.2, -0.15) is 0 Å². The van der Waals surface area contributed by atoms with Crippen LogP contribution in [0.25, 0.3) is 11.1 Å². The number of hydrogen-bond donors (Lipinski definition) is 2. The molecular weight excluding hydrogens is 486 g/mol. The molecule has 7 nitrogen and oxygen atoms in total. The maximum atomic E-state index is 13.3. The smallest absolute Gasteiger partial charge is 0.253 e. The van der Waals surface area contributed by atoms with Gasteiger partial charge < -0.3 is 25.3 Å². The summed E-state index contributed by atoms with van der Waals surface area (Å²) in [6.07, 6.45) is 0. The number of amides is 2. The van der Waals surface area contributed by atoms with E-state index in [9.17, 15) is 9.59 Å². The fourth-order valence-electron chi connectivity index (χ4n) is 4.87. The lowest BCUT2D eigenvalue weighted by Crippen LogP contribution is -2.44. The van der Waals surface area contributed by atoms with E-state index in [0.717, 1.165) is 66.2 Å². The van der Waals surface area contributed by atoms with Crippen molar-refractivity contribution in [1.29, 1.82) is 0 Å². The Hall–Kier alpha value is -3.68. The van der Waals surface area contributed by atoms with Crippen LogP contribution in [0.2, 0.25) is 0 Å². The molecule has 3 aromatic carbocycles. The van der Waals surface area contributed by atoms with Crippen molar-refractivity contribution in [3.8, 4) is 11.1 Å². The van der Waals surface area contributed by atoms with E-state index in [1.807, 2.05) is 76.5 Å². The standard InChI is InChI=1S/C32H41N5O2/c1-23-9-14-29(37-19-17-35(4)18-20-37)22-30(23)31(38)34-24(2)27-7-6-8-28(21-27)25-10-12-26(13-11-25)32(39)36(5)16-15-33-3/h6-14,21-22,24,33H,15-20H2,1-5H3,(H,34,38)/t24-/m1/s1. The molecule has 0 aliphatic carbocycles. The Morgan fingerprint density at radius 1 is 0.949 bits per heavy atom. The second-order valence-electron chi connectivity index (χ2n) is 10.5. The van der Waals surface area contributed by atoms with E-state index in [1.54, 1.807) is 4.90 Å². The van der Waals surface area contributed by atoms with E-state index in [2.05, 4.69) is 45.7 Å². The van der Waals surface area contributed by atoms with Crippen LogP contribution in [0.15, 0.2) is 66.7 Å². The van der Waals surface area contributed by atoms with Crippen molar-refractivity contribution in [3.05, 3.63) is 89.0 Å². The first-order valence-electron chi connectivity index (χ1n) is 13.7. The molecular formula is C32H41N5O2. The van der Waals surface area contributed by atoms with Gasteiger partial charge in [-0.05, 0) is 80.5 Å². The number of anilines is 1. The SMILES string of the molecule is CNCCN(C)C(=O)c1ccc(-c2cccc([C@@H](C)NC(=O)c3cc(N4CCN(C)CC4)ccc3C)c2)cc1. The van der Waals surface area contributed by atoms with Crippen LogP contribution in [0.5, 0.6) is 0 Å². The summed E-state index contributed by atoms with van der Waals surface area (Å²) in [5, 5.41) is 6.27. The van der Waals surface area contributed by atoms with Gasteiger partial charge in [-0.25, -0.2) is 0 Å². The topological polar surface area (TPSA) is 67.9 Å². The highest BCUT2D eigenvalue weighted by molar-refractivity contribution is 5.97. The summed E-state index contributed by atoms with van der Waals surface area (Å²) in [5.74, 6) is -0.0551. The fourth-order valence-corrected chi connectivity index (χ4v) is 4.87. The molecule has 0 aromatic heterocycles. The largest absolute Gasteiger partial charge is 0.369 e. The Balaban J connectivity index is 1.44. The van der Waals surface area contributed by atoms with Crippen molar-refractivity contribution >= 4 is 17.5 Å². The number of nitrogens with zero attached hydrogens (tertiary/aromatic N) is 3. The first-order chi connectivity index (χ1) is 18.8. The van der Waals surface area contributed by atoms with E-state index in [0.29, 0.717) is 12.1 Å². The molecule has 2 N–H and O–H groups in total. The number of carbonyl (C=O) groups excluding carboxylic acids is 2. The zero-order valence-corrected chi connectivity index (χ0v) is 23.8. The van der Waals surface area contributed by atoms with Crippen LogP contribution >= 0.6 is 0 Å². The fraction of sp³-hybridized carbons (Fsp3) is 0.375. The third-order valence-corrected chi connectivity index (χ3v) is 7.58. The van der Waals surface area contributed by atoms with Gasteiger partial charge in [0.15, 0.2) is 0 Å². The molecule has 2 amide bonds. The van der Waals surface area contributed by atoms with Crippen molar-refractivity contribution in [2.24, 2.45) is 0 Å². The van der Waals surface area contributed by atoms with Gasteiger partial charge >= 0.3 is 0 Å². The van der Waals surface area contributed by atoms with Crippen molar-refractivity contribution in [1.82, 2.24) is 20.4 Å². The Morgan fingerprint density at radius 3 is 2.36 bits per heavy atom. The maximum absolute atomic E-state index is 13.3. The van der Waals surface area contributed by atoms with Crippen LogP contribution in [0.4, 0.5) is 5.69 Å². The molecule has 39 heavy (non-hydrogen) atoms. The number of likely N-dealkylation sites (N-methyl/N-ethyl adjacent to an activating group) is 3.